The molecule has 1 saturated heterocycles. The van der Waals surface area contributed by atoms with Gasteiger partial charge in [0, 0.05) is 49.3 Å². The van der Waals surface area contributed by atoms with Gasteiger partial charge in [0.1, 0.15) is 40.5 Å². The van der Waals surface area contributed by atoms with Crippen LogP contribution in [0.25, 0.3) is 44.8 Å². The number of fused-ring (bicyclic) bond motifs is 2. The minimum absolute atomic E-state index is 0.0193. The van der Waals surface area contributed by atoms with E-state index in [1.165, 1.54) is 12.0 Å². The predicted octanol–water partition coefficient (Wildman–Crippen LogP) is 5.17. The molecule has 0 radical (unpaired) electrons. The molecule has 1 saturated carbocycles. The largest absolute Gasteiger partial charge is 0.508 e. The molecule has 2 atom stereocenters. The number of aryl methyl sites for hydroxylation is 1. The number of benzene rings is 2. The van der Waals surface area contributed by atoms with Gasteiger partial charge in [-0.25, -0.2) is 23.1 Å². The van der Waals surface area contributed by atoms with Gasteiger partial charge in [0.25, 0.3) is 5.91 Å². The third kappa shape index (κ3) is 4.83. The van der Waals surface area contributed by atoms with Crippen molar-refractivity contribution in [3.05, 3.63) is 59.7 Å². The topological polar surface area (TPSA) is 111 Å². The highest BCUT2D eigenvalue weighted by Gasteiger charge is 2.31. The van der Waals surface area contributed by atoms with Gasteiger partial charge >= 0.3 is 0 Å². The first-order valence-corrected chi connectivity index (χ1v) is 14.5. The number of nitrogens with two attached hydrogens (primary N) is 1. The van der Waals surface area contributed by atoms with Gasteiger partial charge in [-0.2, -0.15) is 0 Å². The van der Waals surface area contributed by atoms with Crippen LogP contribution in [0.4, 0.5) is 13.2 Å². The van der Waals surface area contributed by atoms with Crippen LogP contribution in [0.3, 0.4) is 0 Å². The number of alkyl halides is 1. The third-order valence-electron chi connectivity index (χ3n) is 8.51. The van der Waals surface area contributed by atoms with E-state index in [-0.39, 0.29) is 36.7 Å². The second-order valence-electron chi connectivity index (χ2n) is 11.8. The van der Waals surface area contributed by atoms with Crippen molar-refractivity contribution < 1.29 is 27.8 Å². The number of nitrogens with zero attached hydrogens (tertiary/aromatic N) is 5. The summed E-state index contributed by atoms with van der Waals surface area (Å²) in [5.74, 6) is -1.20. The Labute approximate surface area is 250 Å². The normalized spacial score (nSPS) is 18.8. The molecule has 7 rings (SSSR count). The Bertz CT molecular complexity index is 1920. The van der Waals surface area contributed by atoms with Crippen molar-refractivity contribution in [1.29, 1.82) is 0 Å². The van der Waals surface area contributed by atoms with Gasteiger partial charge in [-0.15, -0.1) is 0 Å². The van der Waals surface area contributed by atoms with Crippen molar-refractivity contribution >= 4 is 28.0 Å². The maximum atomic E-state index is 14.8. The van der Waals surface area contributed by atoms with Gasteiger partial charge in [-0.05, 0) is 55.5 Å². The summed E-state index contributed by atoms with van der Waals surface area (Å²) in [5.41, 5.74) is 8.59. The first-order valence-electron chi connectivity index (χ1n) is 14.5. The first-order chi connectivity index (χ1) is 21.1. The average molecular weight is 605 g/mol. The molecule has 2 aromatic carbocycles. The number of likely N-dealkylation sites (tertiary alicyclic amines) is 1. The van der Waals surface area contributed by atoms with Crippen LogP contribution in [0, 0.1) is 17.6 Å². The zero-order valence-corrected chi connectivity index (χ0v) is 24.2. The van der Waals surface area contributed by atoms with Crippen molar-refractivity contribution in [2.75, 3.05) is 20.2 Å². The van der Waals surface area contributed by atoms with E-state index in [9.17, 15) is 23.1 Å². The number of amides is 1. The number of imidazole rings is 1. The molecule has 3 aromatic heterocycles. The van der Waals surface area contributed by atoms with E-state index in [1.54, 1.807) is 24.3 Å². The smallest absolute Gasteiger partial charge is 0.254 e. The molecular formula is C32H31F3N6O3. The lowest BCUT2D eigenvalue weighted by Gasteiger charge is -2.33. The van der Waals surface area contributed by atoms with E-state index in [1.807, 2.05) is 22.2 Å². The summed E-state index contributed by atoms with van der Waals surface area (Å²) in [6.45, 7) is 0.884. The fraction of sp³-hybridized carbons (Fsp3) is 0.344. The predicted molar refractivity (Wildman–Crippen MR) is 159 cm³/mol. The van der Waals surface area contributed by atoms with Gasteiger partial charge < -0.3 is 29.6 Å². The summed E-state index contributed by atoms with van der Waals surface area (Å²) in [7, 11) is 3.37. The molecular weight excluding hydrogens is 573 g/mol. The maximum Gasteiger partial charge on any atom is 0.254 e. The lowest BCUT2D eigenvalue weighted by Crippen LogP contribution is -2.50. The number of carbonyl (C=O) groups excluding carboxylic acids is 1. The van der Waals surface area contributed by atoms with Crippen LogP contribution < -0.4 is 10.5 Å². The number of piperidine rings is 1. The van der Waals surface area contributed by atoms with Crippen LogP contribution in [0.15, 0.2) is 42.5 Å². The third-order valence-corrected chi connectivity index (χ3v) is 8.51. The fourth-order valence-electron chi connectivity index (χ4n) is 6.24. The lowest BCUT2D eigenvalue weighted by molar-refractivity contribution is 0.0606. The molecule has 9 nitrogen and oxygen atoms in total. The number of hydrogen-bond donors (Lipinski definition) is 2. The second kappa shape index (κ2) is 10.5. The van der Waals surface area contributed by atoms with E-state index >= 15 is 0 Å². The van der Waals surface area contributed by atoms with Crippen LogP contribution in [0.5, 0.6) is 11.5 Å². The molecule has 44 heavy (non-hydrogen) atoms. The quantitative estimate of drug-likeness (QED) is 0.277. The minimum Gasteiger partial charge on any atom is -0.508 e. The van der Waals surface area contributed by atoms with Crippen molar-refractivity contribution in [2.45, 2.75) is 38.0 Å². The molecule has 5 aromatic rings. The molecule has 3 N–H and O–H groups in total. The minimum atomic E-state index is -1.18. The Balaban J connectivity index is 1.35. The number of pyridine rings is 1. The molecule has 0 bridgehead atoms. The second-order valence-corrected chi connectivity index (χ2v) is 11.8. The summed E-state index contributed by atoms with van der Waals surface area (Å²) in [4.78, 5) is 24.5. The van der Waals surface area contributed by atoms with Gasteiger partial charge in [0.05, 0.1) is 36.1 Å². The number of hydrogen-bond acceptors (Lipinski definition) is 6. The number of ether oxygens (including phenoxy) is 1. The summed E-state index contributed by atoms with van der Waals surface area (Å²) < 4.78 is 53.3. The van der Waals surface area contributed by atoms with Gasteiger partial charge in [0.15, 0.2) is 5.82 Å². The Morgan fingerprint density at radius 1 is 1.09 bits per heavy atom. The van der Waals surface area contributed by atoms with E-state index < -0.39 is 29.6 Å². The molecule has 4 heterocycles. The number of phenolic OH excluding ortho intramolecular Hbond substituents is 1. The monoisotopic (exact) mass is 604 g/mol. The van der Waals surface area contributed by atoms with Gasteiger partial charge in [-0.1, -0.05) is 0 Å². The zero-order valence-electron chi connectivity index (χ0n) is 24.2. The van der Waals surface area contributed by atoms with Gasteiger partial charge in [-0.3, -0.25) is 4.79 Å². The van der Waals surface area contributed by atoms with E-state index in [0.29, 0.717) is 46.3 Å². The number of aromatic hydroxyl groups is 1. The fourth-order valence-corrected chi connectivity index (χ4v) is 6.24. The highest BCUT2D eigenvalue weighted by molar-refractivity contribution is 6.00. The highest BCUT2D eigenvalue weighted by atomic mass is 19.1. The van der Waals surface area contributed by atoms with Crippen LogP contribution >= 0.6 is 0 Å². The summed E-state index contributed by atoms with van der Waals surface area (Å²) >= 11 is 0. The van der Waals surface area contributed by atoms with Gasteiger partial charge in [0.2, 0.25) is 0 Å². The lowest BCUT2D eigenvalue weighted by atomic mass is 10.0. The number of halogens is 3. The summed E-state index contributed by atoms with van der Waals surface area (Å²) in [5, 5.41) is 10.4. The van der Waals surface area contributed by atoms with Crippen molar-refractivity contribution in [1.82, 2.24) is 24.0 Å². The number of carbonyl (C=O) groups is 1. The first kappa shape index (κ1) is 28.2. The summed E-state index contributed by atoms with van der Waals surface area (Å²) in [6, 6.07) is 9.86. The Morgan fingerprint density at radius 2 is 1.84 bits per heavy atom. The number of methoxy groups -OCH3 is 1. The standard InChI is InChI=1S/C32H31F3N6O3/c1-39-29-25(7-18(9-27(29)44-2)32(43)40-14-19(33)10-20(36)15-40)38-31(39)26-8-17-5-6-24(28-22(34)11-21(42)12-23(28)35)37-30(17)41(26)13-16-3-4-16/h5-9,11-12,16,19-20,42H,3-4,10,13-15,36H2,1-2H3/t19-,20-/m1/s1. The number of phenols is 1. The molecule has 12 heteroatoms. The maximum absolute atomic E-state index is 14.8. The van der Waals surface area contributed by atoms with Crippen molar-refractivity contribution in [3.8, 4) is 34.3 Å². The number of aromatic nitrogens is 4. The van der Waals surface area contributed by atoms with E-state index in [4.69, 9.17) is 20.4 Å². The molecule has 1 aliphatic carbocycles. The van der Waals surface area contributed by atoms with E-state index in [0.717, 1.165) is 36.1 Å². The van der Waals surface area contributed by atoms with Crippen molar-refractivity contribution in [2.24, 2.45) is 18.7 Å². The molecule has 2 fully saturated rings. The molecule has 1 amide bonds. The Hall–Kier alpha value is -4.58. The highest BCUT2D eigenvalue weighted by Crippen LogP contribution is 2.39. The van der Waals surface area contributed by atoms with Crippen LogP contribution in [-0.2, 0) is 13.6 Å². The molecule has 1 aliphatic heterocycles. The Kier molecular flexibility index (Phi) is 6.76. The van der Waals surface area contributed by atoms with Crippen LogP contribution in [0.1, 0.15) is 29.6 Å². The number of rotatable bonds is 6. The van der Waals surface area contributed by atoms with E-state index in [2.05, 4.69) is 0 Å². The average Bonchev–Trinajstić information content (AvgIpc) is 3.65. The van der Waals surface area contributed by atoms with Crippen molar-refractivity contribution in [3.63, 3.8) is 0 Å². The summed E-state index contributed by atoms with van der Waals surface area (Å²) in [6.07, 6.45) is 1.16. The zero-order chi connectivity index (χ0) is 30.9. The molecule has 0 unspecified atom stereocenters. The molecule has 0 spiro atoms. The van der Waals surface area contributed by atoms with Crippen LogP contribution in [0.2, 0.25) is 0 Å². The molecule has 228 valence electrons. The SMILES string of the molecule is COc1cc(C(=O)N2C[C@H](N)C[C@@H](F)C2)cc2nc(-c3cc4ccc(-c5c(F)cc(O)cc5F)nc4n3CC3CC3)n(C)c12. The Morgan fingerprint density at radius 3 is 2.52 bits per heavy atom. The molecule has 2 aliphatic rings. The van der Waals surface area contributed by atoms with Crippen LogP contribution in [-0.4, -0.2) is 67.4 Å².